The first-order valence-electron chi connectivity index (χ1n) is 4.84. The molecule has 3 N–H and O–H groups in total. The molecule has 2 atom stereocenters. The van der Waals surface area contributed by atoms with Crippen LogP contribution < -0.4 is 10.5 Å². The summed E-state index contributed by atoms with van der Waals surface area (Å²) in [5, 5.41) is 9.59. The van der Waals surface area contributed by atoms with E-state index in [9.17, 15) is 0 Å². The van der Waals surface area contributed by atoms with Crippen molar-refractivity contribution in [2.45, 2.75) is 26.0 Å². The van der Waals surface area contributed by atoms with Crippen LogP contribution in [0.25, 0.3) is 0 Å². The molecule has 0 bridgehead atoms. The summed E-state index contributed by atoms with van der Waals surface area (Å²) in [5.41, 5.74) is 6.71. The van der Waals surface area contributed by atoms with Crippen LogP contribution in [0.3, 0.4) is 0 Å². The second-order valence-corrected chi connectivity index (χ2v) is 4.04. The number of aliphatic hydroxyl groups excluding tert-OH is 1. The van der Waals surface area contributed by atoms with Crippen molar-refractivity contribution in [2.24, 2.45) is 5.73 Å². The van der Waals surface area contributed by atoms with E-state index in [2.05, 4.69) is 0 Å². The van der Waals surface area contributed by atoms with Gasteiger partial charge in [-0.1, -0.05) is 17.7 Å². The highest BCUT2D eigenvalue weighted by Gasteiger charge is 2.15. The van der Waals surface area contributed by atoms with E-state index in [4.69, 9.17) is 27.2 Å². The Morgan fingerprint density at radius 2 is 2.20 bits per heavy atom. The van der Waals surface area contributed by atoms with Crippen molar-refractivity contribution in [3.63, 3.8) is 0 Å². The summed E-state index contributed by atoms with van der Waals surface area (Å²) in [7, 11) is 0. The fourth-order valence-electron chi connectivity index (χ4n) is 1.18. The van der Waals surface area contributed by atoms with Gasteiger partial charge in [-0.15, -0.1) is 0 Å². The summed E-state index contributed by atoms with van der Waals surface area (Å²) >= 11 is 5.99. The van der Waals surface area contributed by atoms with Crippen LogP contribution in [0.4, 0.5) is 0 Å². The van der Waals surface area contributed by atoms with Crippen LogP contribution in [0, 0.1) is 6.92 Å². The number of benzene rings is 1. The van der Waals surface area contributed by atoms with Gasteiger partial charge in [0.15, 0.2) is 0 Å². The lowest BCUT2D eigenvalue weighted by molar-refractivity contribution is 0.0992. The first-order chi connectivity index (χ1) is 7.04. The molecule has 84 valence electrons. The molecule has 0 fully saturated rings. The third-order valence-electron chi connectivity index (χ3n) is 2.13. The standard InChI is InChI=1S/C11H16ClNO2/c1-7-3-4-10(9(12)5-7)15-11(6-14)8(2)13/h3-5,8,11,14H,6,13H2,1-2H3. The lowest BCUT2D eigenvalue weighted by Gasteiger charge is -2.20. The van der Waals surface area contributed by atoms with Gasteiger partial charge in [0.25, 0.3) is 0 Å². The van der Waals surface area contributed by atoms with Gasteiger partial charge in [-0.05, 0) is 31.5 Å². The minimum Gasteiger partial charge on any atom is -0.485 e. The van der Waals surface area contributed by atoms with Crippen LogP contribution in [0.15, 0.2) is 18.2 Å². The van der Waals surface area contributed by atoms with Crippen molar-refractivity contribution in [2.75, 3.05) is 6.61 Å². The van der Waals surface area contributed by atoms with Gasteiger partial charge < -0.3 is 15.6 Å². The van der Waals surface area contributed by atoms with Gasteiger partial charge in [0.1, 0.15) is 11.9 Å². The largest absolute Gasteiger partial charge is 0.485 e. The Kier molecular flexibility index (Phi) is 4.39. The summed E-state index contributed by atoms with van der Waals surface area (Å²) in [6.45, 7) is 3.61. The van der Waals surface area contributed by atoms with Crippen molar-refractivity contribution >= 4 is 11.6 Å². The number of hydrogen-bond donors (Lipinski definition) is 2. The number of nitrogens with two attached hydrogens (primary N) is 1. The van der Waals surface area contributed by atoms with Gasteiger partial charge in [0.05, 0.1) is 11.6 Å². The molecular weight excluding hydrogens is 214 g/mol. The highest BCUT2D eigenvalue weighted by Crippen LogP contribution is 2.26. The molecule has 1 aromatic rings. The molecule has 15 heavy (non-hydrogen) atoms. The second-order valence-electron chi connectivity index (χ2n) is 3.63. The monoisotopic (exact) mass is 229 g/mol. The van der Waals surface area contributed by atoms with E-state index < -0.39 is 6.10 Å². The average Bonchev–Trinajstić information content (AvgIpc) is 2.16. The van der Waals surface area contributed by atoms with E-state index in [0.29, 0.717) is 10.8 Å². The highest BCUT2D eigenvalue weighted by atomic mass is 35.5. The topological polar surface area (TPSA) is 55.5 Å². The number of hydrogen-bond acceptors (Lipinski definition) is 3. The first-order valence-corrected chi connectivity index (χ1v) is 5.21. The number of aliphatic hydroxyl groups is 1. The van der Waals surface area contributed by atoms with Crippen LogP contribution in [-0.4, -0.2) is 23.9 Å². The molecular formula is C11H16ClNO2. The summed E-state index contributed by atoms with van der Waals surface area (Å²) in [6, 6.07) is 5.25. The molecule has 0 heterocycles. The molecule has 1 aromatic carbocycles. The molecule has 0 amide bonds. The summed E-state index contributed by atoms with van der Waals surface area (Å²) < 4.78 is 5.50. The Morgan fingerprint density at radius 3 is 2.67 bits per heavy atom. The number of halogens is 1. The Hall–Kier alpha value is -0.770. The Morgan fingerprint density at radius 1 is 1.53 bits per heavy atom. The molecule has 0 saturated heterocycles. The van der Waals surface area contributed by atoms with Crippen molar-refractivity contribution in [1.82, 2.24) is 0 Å². The molecule has 0 aliphatic carbocycles. The number of ether oxygens (including phenoxy) is 1. The van der Waals surface area contributed by atoms with Crippen LogP contribution in [-0.2, 0) is 0 Å². The van der Waals surface area contributed by atoms with Gasteiger partial charge in [-0.3, -0.25) is 0 Å². The fourth-order valence-corrected chi connectivity index (χ4v) is 1.46. The minimum absolute atomic E-state index is 0.123. The molecule has 0 spiro atoms. The van der Waals surface area contributed by atoms with Gasteiger partial charge in [-0.2, -0.15) is 0 Å². The zero-order chi connectivity index (χ0) is 11.4. The third-order valence-corrected chi connectivity index (χ3v) is 2.43. The predicted octanol–water partition coefficient (Wildman–Crippen LogP) is 1.74. The highest BCUT2D eigenvalue weighted by molar-refractivity contribution is 6.32. The van der Waals surface area contributed by atoms with Crippen molar-refractivity contribution in [3.05, 3.63) is 28.8 Å². The van der Waals surface area contributed by atoms with Crippen molar-refractivity contribution < 1.29 is 9.84 Å². The molecule has 0 radical (unpaired) electrons. The predicted molar refractivity (Wildman–Crippen MR) is 61.3 cm³/mol. The SMILES string of the molecule is Cc1ccc(OC(CO)C(C)N)c(Cl)c1. The Labute approximate surface area is 94.8 Å². The zero-order valence-electron chi connectivity index (χ0n) is 8.90. The smallest absolute Gasteiger partial charge is 0.138 e. The molecule has 0 saturated carbocycles. The normalized spacial score (nSPS) is 14.7. The van der Waals surface area contributed by atoms with Crippen LogP contribution in [0.2, 0.25) is 5.02 Å². The van der Waals surface area contributed by atoms with Crippen molar-refractivity contribution in [3.8, 4) is 5.75 Å². The lowest BCUT2D eigenvalue weighted by atomic mass is 10.2. The number of rotatable bonds is 4. The van der Waals surface area contributed by atoms with Gasteiger partial charge in [0, 0.05) is 6.04 Å². The van der Waals surface area contributed by atoms with Crippen LogP contribution in [0.1, 0.15) is 12.5 Å². The lowest BCUT2D eigenvalue weighted by Crippen LogP contribution is -2.39. The number of aryl methyl sites for hydroxylation is 1. The quantitative estimate of drug-likeness (QED) is 0.827. The molecule has 0 aromatic heterocycles. The molecule has 1 rings (SSSR count). The molecule has 0 aliphatic heterocycles. The van der Waals surface area contributed by atoms with Crippen molar-refractivity contribution in [1.29, 1.82) is 0 Å². The molecule has 4 heteroatoms. The second kappa shape index (κ2) is 5.35. The van der Waals surface area contributed by atoms with E-state index in [-0.39, 0.29) is 12.6 Å². The first kappa shape index (κ1) is 12.3. The maximum Gasteiger partial charge on any atom is 0.138 e. The maximum atomic E-state index is 9.06. The Balaban J connectivity index is 2.79. The minimum atomic E-state index is -0.426. The van der Waals surface area contributed by atoms with E-state index in [1.165, 1.54) is 0 Å². The molecule has 3 nitrogen and oxygen atoms in total. The van der Waals surface area contributed by atoms with E-state index >= 15 is 0 Å². The van der Waals surface area contributed by atoms with Gasteiger partial charge in [-0.25, -0.2) is 0 Å². The summed E-state index contributed by atoms with van der Waals surface area (Å²) in [4.78, 5) is 0. The Bertz CT molecular complexity index is 328. The van der Waals surface area contributed by atoms with Gasteiger partial charge in [0.2, 0.25) is 0 Å². The maximum absolute atomic E-state index is 9.06. The zero-order valence-corrected chi connectivity index (χ0v) is 9.66. The summed E-state index contributed by atoms with van der Waals surface area (Å²) in [6.07, 6.45) is -0.426. The van der Waals surface area contributed by atoms with Crippen LogP contribution in [0.5, 0.6) is 5.75 Å². The molecule has 0 aliphatic rings. The van der Waals surface area contributed by atoms with E-state index in [1.54, 1.807) is 13.0 Å². The third kappa shape index (κ3) is 3.38. The summed E-state index contributed by atoms with van der Waals surface area (Å²) in [5.74, 6) is 0.554. The fraction of sp³-hybridized carbons (Fsp3) is 0.455. The van der Waals surface area contributed by atoms with E-state index in [1.807, 2.05) is 19.1 Å². The van der Waals surface area contributed by atoms with Crippen LogP contribution >= 0.6 is 11.6 Å². The van der Waals surface area contributed by atoms with E-state index in [0.717, 1.165) is 5.56 Å². The average molecular weight is 230 g/mol. The molecule has 2 unspecified atom stereocenters. The van der Waals surface area contributed by atoms with Gasteiger partial charge >= 0.3 is 0 Å².